The van der Waals surface area contributed by atoms with E-state index in [1.54, 1.807) is 0 Å². The highest BCUT2D eigenvalue weighted by atomic mass is 35.5. The number of hydrogen-bond acceptors (Lipinski definition) is 2. The van der Waals surface area contributed by atoms with Crippen LogP contribution in [-0.4, -0.2) is 19.2 Å². The van der Waals surface area contributed by atoms with E-state index in [-0.39, 0.29) is 6.10 Å². The molecule has 1 aliphatic carbocycles. The number of fused-ring (bicyclic) bond motifs is 1. The van der Waals surface area contributed by atoms with E-state index in [0.29, 0.717) is 5.41 Å². The summed E-state index contributed by atoms with van der Waals surface area (Å²) in [5.41, 5.74) is 1.86. The minimum Gasteiger partial charge on any atom is -0.488 e. The summed E-state index contributed by atoms with van der Waals surface area (Å²) in [5, 5.41) is 4.41. The Labute approximate surface area is 120 Å². The van der Waals surface area contributed by atoms with Gasteiger partial charge in [0, 0.05) is 24.5 Å². The van der Waals surface area contributed by atoms with Crippen LogP contribution in [0.25, 0.3) is 0 Å². The molecule has 3 heteroatoms. The van der Waals surface area contributed by atoms with Crippen LogP contribution >= 0.6 is 11.6 Å². The number of benzene rings is 1. The van der Waals surface area contributed by atoms with Crippen LogP contribution in [0.4, 0.5) is 0 Å². The van der Waals surface area contributed by atoms with Crippen molar-refractivity contribution in [1.29, 1.82) is 0 Å². The molecule has 0 saturated heterocycles. The van der Waals surface area contributed by atoms with E-state index in [1.165, 1.54) is 31.2 Å². The molecule has 19 heavy (non-hydrogen) atoms. The van der Waals surface area contributed by atoms with Crippen molar-refractivity contribution in [3.8, 4) is 5.75 Å². The molecule has 1 unspecified atom stereocenters. The van der Waals surface area contributed by atoms with Gasteiger partial charge < -0.3 is 10.1 Å². The standard InChI is InChI=1S/C16H22ClNO/c1-2-5-16(6-7-16)11-18-10-14-9-12-8-13(17)3-4-15(12)19-14/h3-4,8,14,18H,2,5-7,9-11H2,1H3. The van der Waals surface area contributed by atoms with Crippen molar-refractivity contribution in [2.75, 3.05) is 13.1 Å². The second kappa shape index (κ2) is 5.34. The smallest absolute Gasteiger partial charge is 0.123 e. The second-order valence-electron chi connectivity index (χ2n) is 6.08. The third-order valence-electron chi connectivity index (χ3n) is 4.37. The summed E-state index contributed by atoms with van der Waals surface area (Å²) in [6.45, 7) is 4.37. The minimum absolute atomic E-state index is 0.269. The van der Waals surface area contributed by atoms with Crippen molar-refractivity contribution in [2.45, 2.75) is 45.1 Å². The van der Waals surface area contributed by atoms with Gasteiger partial charge in [0.05, 0.1) is 0 Å². The van der Waals surface area contributed by atoms with E-state index in [9.17, 15) is 0 Å². The largest absolute Gasteiger partial charge is 0.488 e. The predicted molar refractivity (Wildman–Crippen MR) is 79.0 cm³/mol. The summed E-state index contributed by atoms with van der Waals surface area (Å²) in [6.07, 6.45) is 6.70. The normalized spacial score (nSPS) is 22.9. The van der Waals surface area contributed by atoms with E-state index in [1.807, 2.05) is 18.2 Å². The first-order valence-corrected chi connectivity index (χ1v) is 7.74. The van der Waals surface area contributed by atoms with Crippen LogP contribution in [0.15, 0.2) is 18.2 Å². The van der Waals surface area contributed by atoms with Crippen LogP contribution in [0, 0.1) is 5.41 Å². The van der Waals surface area contributed by atoms with Crippen molar-refractivity contribution in [3.05, 3.63) is 28.8 Å². The molecule has 0 spiro atoms. The minimum atomic E-state index is 0.269. The Morgan fingerprint density at radius 2 is 2.26 bits per heavy atom. The summed E-state index contributed by atoms with van der Waals surface area (Å²) in [7, 11) is 0. The van der Waals surface area contributed by atoms with Crippen molar-refractivity contribution < 1.29 is 4.74 Å². The molecule has 1 saturated carbocycles. The van der Waals surface area contributed by atoms with E-state index < -0.39 is 0 Å². The Kier molecular flexibility index (Phi) is 3.72. The maximum Gasteiger partial charge on any atom is 0.123 e. The van der Waals surface area contributed by atoms with Crippen LogP contribution in [-0.2, 0) is 6.42 Å². The summed E-state index contributed by atoms with van der Waals surface area (Å²) < 4.78 is 5.94. The van der Waals surface area contributed by atoms with Crippen LogP contribution in [0.3, 0.4) is 0 Å². The molecule has 0 amide bonds. The lowest BCUT2D eigenvalue weighted by Crippen LogP contribution is -2.34. The highest BCUT2D eigenvalue weighted by Crippen LogP contribution is 2.48. The third-order valence-corrected chi connectivity index (χ3v) is 4.61. The lowest BCUT2D eigenvalue weighted by Gasteiger charge is -2.17. The maximum absolute atomic E-state index is 6.01. The molecule has 3 rings (SSSR count). The highest BCUT2D eigenvalue weighted by molar-refractivity contribution is 6.30. The molecule has 1 heterocycles. The highest BCUT2D eigenvalue weighted by Gasteiger charge is 2.41. The van der Waals surface area contributed by atoms with Crippen molar-refractivity contribution >= 4 is 11.6 Å². The second-order valence-corrected chi connectivity index (χ2v) is 6.51. The van der Waals surface area contributed by atoms with Gasteiger partial charge >= 0.3 is 0 Å². The first kappa shape index (κ1) is 13.3. The molecule has 1 fully saturated rings. The van der Waals surface area contributed by atoms with Crippen LogP contribution < -0.4 is 10.1 Å². The zero-order valence-corrected chi connectivity index (χ0v) is 12.3. The van der Waals surface area contributed by atoms with E-state index in [2.05, 4.69) is 12.2 Å². The Balaban J connectivity index is 1.46. The molecular weight excluding hydrogens is 258 g/mol. The van der Waals surface area contributed by atoms with Gasteiger partial charge in [0.15, 0.2) is 0 Å². The molecule has 1 aliphatic heterocycles. The number of hydrogen-bond donors (Lipinski definition) is 1. The summed E-state index contributed by atoms with van der Waals surface area (Å²) in [6, 6.07) is 5.91. The predicted octanol–water partition coefficient (Wildman–Crippen LogP) is 3.81. The van der Waals surface area contributed by atoms with E-state index in [4.69, 9.17) is 16.3 Å². The summed E-state index contributed by atoms with van der Waals surface area (Å²) in [5.74, 6) is 1.01. The van der Waals surface area contributed by atoms with Gasteiger partial charge in [-0.1, -0.05) is 24.9 Å². The number of halogens is 1. The molecule has 0 bridgehead atoms. The number of nitrogens with one attached hydrogen (secondary N) is 1. The zero-order valence-electron chi connectivity index (χ0n) is 11.5. The molecular formula is C16H22ClNO. The molecule has 0 radical (unpaired) electrons. The van der Waals surface area contributed by atoms with Crippen LogP contribution in [0.2, 0.25) is 5.02 Å². The van der Waals surface area contributed by atoms with Crippen molar-refractivity contribution in [3.63, 3.8) is 0 Å². The topological polar surface area (TPSA) is 21.3 Å². The average molecular weight is 280 g/mol. The first-order chi connectivity index (χ1) is 9.21. The first-order valence-electron chi connectivity index (χ1n) is 7.37. The van der Waals surface area contributed by atoms with Gasteiger partial charge in [0.1, 0.15) is 11.9 Å². The molecule has 1 aromatic rings. The van der Waals surface area contributed by atoms with Gasteiger partial charge in [0.25, 0.3) is 0 Å². The quantitative estimate of drug-likeness (QED) is 0.855. The van der Waals surface area contributed by atoms with Crippen molar-refractivity contribution in [1.82, 2.24) is 5.32 Å². The van der Waals surface area contributed by atoms with Gasteiger partial charge in [-0.25, -0.2) is 0 Å². The Bertz CT molecular complexity index is 456. The fourth-order valence-electron chi connectivity index (χ4n) is 3.12. The van der Waals surface area contributed by atoms with E-state index >= 15 is 0 Å². The fraction of sp³-hybridized carbons (Fsp3) is 0.625. The Morgan fingerprint density at radius 1 is 1.42 bits per heavy atom. The van der Waals surface area contributed by atoms with Gasteiger partial charge in [-0.05, 0) is 48.4 Å². The lowest BCUT2D eigenvalue weighted by atomic mass is 10.0. The van der Waals surface area contributed by atoms with Gasteiger partial charge in [-0.2, -0.15) is 0 Å². The lowest BCUT2D eigenvalue weighted by molar-refractivity contribution is 0.222. The third kappa shape index (κ3) is 3.06. The number of rotatable bonds is 6. The molecule has 2 nitrogen and oxygen atoms in total. The van der Waals surface area contributed by atoms with Gasteiger partial charge in [-0.3, -0.25) is 0 Å². The van der Waals surface area contributed by atoms with Gasteiger partial charge in [0.2, 0.25) is 0 Å². The van der Waals surface area contributed by atoms with E-state index in [0.717, 1.165) is 30.3 Å². The molecule has 1 aromatic carbocycles. The Hall–Kier alpha value is -0.730. The Morgan fingerprint density at radius 3 is 3.00 bits per heavy atom. The SMILES string of the molecule is CCCC1(CNCC2Cc3cc(Cl)ccc3O2)CC1. The average Bonchev–Trinajstić information content (AvgIpc) is 3.01. The molecule has 0 aromatic heterocycles. The zero-order chi connectivity index (χ0) is 13.3. The molecule has 1 atom stereocenters. The van der Waals surface area contributed by atoms with Crippen LogP contribution in [0.1, 0.15) is 38.2 Å². The summed E-state index contributed by atoms with van der Waals surface area (Å²) in [4.78, 5) is 0. The van der Waals surface area contributed by atoms with Crippen molar-refractivity contribution in [2.24, 2.45) is 5.41 Å². The molecule has 104 valence electrons. The molecule has 2 aliphatic rings. The maximum atomic E-state index is 6.01. The fourth-order valence-corrected chi connectivity index (χ4v) is 3.32. The number of ether oxygens (including phenoxy) is 1. The molecule has 1 N–H and O–H groups in total. The van der Waals surface area contributed by atoms with Gasteiger partial charge in [-0.15, -0.1) is 0 Å². The summed E-state index contributed by atoms with van der Waals surface area (Å²) >= 11 is 6.01. The van der Waals surface area contributed by atoms with Crippen LogP contribution in [0.5, 0.6) is 5.75 Å². The monoisotopic (exact) mass is 279 g/mol.